The van der Waals surface area contributed by atoms with E-state index < -0.39 is 11.5 Å². The number of hydrogen-bond donors (Lipinski definition) is 1. The summed E-state index contributed by atoms with van der Waals surface area (Å²) in [7, 11) is 0. The van der Waals surface area contributed by atoms with Gasteiger partial charge < -0.3 is 14.7 Å². The number of fused-ring (bicyclic) bond motifs is 1. The fourth-order valence-corrected chi connectivity index (χ4v) is 2.31. The monoisotopic (exact) mass is 263 g/mol. The van der Waals surface area contributed by atoms with E-state index in [2.05, 4.69) is 6.92 Å². The fourth-order valence-electron chi connectivity index (χ4n) is 2.31. The van der Waals surface area contributed by atoms with Crippen molar-refractivity contribution in [2.45, 2.75) is 45.8 Å². The normalized spacial score (nSPS) is 18.7. The molecule has 1 aromatic carbocycles. The van der Waals surface area contributed by atoms with Crippen molar-refractivity contribution in [3.05, 3.63) is 23.8 Å². The number of carboxylic acids is 1. The molecule has 0 saturated carbocycles. The number of benzene rings is 1. The number of carbonyl (C=O) groups is 1. The molecule has 1 unspecified atom stereocenters. The van der Waals surface area contributed by atoms with Gasteiger partial charge in [-0.1, -0.05) is 13.0 Å². The van der Waals surface area contributed by atoms with Crippen molar-refractivity contribution in [2.24, 2.45) is 0 Å². The molecule has 0 saturated heterocycles. The predicted octanol–water partition coefficient (Wildman–Crippen LogP) is 2.84. The molecule has 1 N–H and O–H groups in total. The molecule has 0 bridgehead atoms. The number of ether oxygens (including phenoxy) is 1. The molecule has 0 spiro atoms. The molecule has 1 heterocycles. The molecule has 0 aromatic heterocycles. The Hall–Kier alpha value is -1.71. The standard InChI is InChI=1S/C15H21NO3/c1-5-11-9-16(15(3,4)14(17)18)12-8-10(2)6-7-13(12)19-11/h6-8,11H,5,9H2,1-4H3,(H,17,18). The molecule has 19 heavy (non-hydrogen) atoms. The van der Waals surface area contributed by atoms with Gasteiger partial charge in [-0.2, -0.15) is 0 Å². The molecule has 1 aliphatic heterocycles. The average Bonchev–Trinajstić information content (AvgIpc) is 2.37. The van der Waals surface area contributed by atoms with Crippen LogP contribution in [0.15, 0.2) is 18.2 Å². The molecule has 1 aromatic rings. The Morgan fingerprint density at radius 3 is 2.79 bits per heavy atom. The molecule has 104 valence electrons. The maximum absolute atomic E-state index is 11.5. The van der Waals surface area contributed by atoms with Crippen LogP contribution < -0.4 is 9.64 Å². The number of rotatable bonds is 3. The minimum atomic E-state index is -0.945. The summed E-state index contributed by atoms with van der Waals surface area (Å²) >= 11 is 0. The Kier molecular flexibility index (Phi) is 3.43. The third-order valence-corrected chi connectivity index (χ3v) is 3.74. The molecule has 0 radical (unpaired) electrons. The van der Waals surface area contributed by atoms with E-state index in [1.165, 1.54) is 0 Å². The third kappa shape index (κ3) is 2.39. The highest BCUT2D eigenvalue weighted by atomic mass is 16.5. The van der Waals surface area contributed by atoms with E-state index in [9.17, 15) is 9.90 Å². The van der Waals surface area contributed by atoms with Crippen LogP contribution in [0.5, 0.6) is 5.75 Å². The van der Waals surface area contributed by atoms with Gasteiger partial charge >= 0.3 is 5.97 Å². The SMILES string of the molecule is CCC1CN(C(C)(C)C(=O)O)c2cc(C)ccc2O1. The van der Waals surface area contributed by atoms with Crippen LogP contribution in [0.4, 0.5) is 5.69 Å². The summed E-state index contributed by atoms with van der Waals surface area (Å²) in [5.41, 5.74) is 1.03. The zero-order valence-corrected chi connectivity index (χ0v) is 11.9. The lowest BCUT2D eigenvalue weighted by Crippen LogP contribution is -2.55. The van der Waals surface area contributed by atoms with Gasteiger partial charge in [-0.05, 0) is 44.9 Å². The van der Waals surface area contributed by atoms with Crippen molar-refractivity contribution in [3.63, 3.8) is 0 Å². The molecular weight excluding hydrogens is 242 g/mol. The number of hydrogen-bond acceptors (Lipinski definition) is 3. The third-order valence-electron chi connectivity index (χ3n) is 3.74. The van der Waals surface area contributed by atoms with Gasteiger partial charge in [0.15, 0.2) is 0 Å². The average molecular weight is 263 g/mol. The van der Waals surface area contributed by atoms with Crippen molar-refractivity contribution in [3.8, 4) is 5.75 Å². The second-order valence-electron chi connectivity index (χ2n) is 5.59. The molecule has 4 heteroatoms. The van der Waals surface area contributed by atoms with Crippen LogP contribution in [0, 0.1) is 6.92 Å². The molecule has 0 amide bonds. The largest absolute Gasteiger partial charge is 0.486 e. The van der Waals surface area contributed by atoms with Crippen molar-refractivity contribution in [1.29, 1.82) is 0 Å². The van der Waals surface area contributed by atoms with E-state index in [0.717, 1.165) is 23.4 Å². The molecular formula is C15H21NO3. The Bertz CT molecular complexity index is 496. The summed E-state index contributed by atoms with van der Waals surface area (Å²) in [5.74, 6) is -0.0465. The van der Waals surface area contributed by atoms with Gasteiger partial charge in [0.2, 0.25) is 0 Å². The van der Waals surface area contributed by atoms with Crippen LogP contribution in [-0.4, -0.2) is 29.3 Å². The van der Waals surface area contributed by atoms with Gasteiger partial charge in [0, 0.05) is 0 Å². The summed E-state index contributed by atoms with van der Waals surface area (Å²) in [6.07, 6.45) is 0.897. The van der Waals surface area contributed by atoms with E-state index in [0.29, 0.717) is 6.54 Å². The maximum Gasteiger partial charge on any atom is 0.328 e. The molecule has 1 atom stereocenters. The lowest BCUT2D eigenvalue weighted by molar-refractivity contribution is -0.142. The van der Waals surface area contributed by atoms with E-state index in [-0.39, 0.29) is 6.10 Å². The van der Waals surface area contributed by atoms with E-state index in [1.807, 2.05) is 30.0 Å². The first-order valence-corrected chi connectivity index (χ1v) is 6.64. The van der Waals surface area contributed by atoms with Crippen LogP contribution in [0.2, 0.25) is 0 Å². The smallest absolute Gasteiger partial charge is 0.328 e. The number of aliphatic carboxylic acids is 1. The fraction of sp³-hybridized carbons (Fsp3) is 0.533. The van der Waals surface area contributed by atoms with E-state index >= 15 is 0 Å². The second kappa shape index (κ2) is 4.76. The maximum atomic E-state index is 11.5. The number of nitrogens with zero attached hydrogens (tertiary/aromatic N) is 1. The van der Waals surface area contributed by atoms with Gasteiger partial charge in [0.1, 0.15) is 17.4 Å². The highest BCUT2D eigenvalue weighted by Gasteiger charge is 2.39. The quantitative estimate of drug-likeness (QED) is 0.911. The summed E-state index contributed by atoms with van der Waals surface area (Å²) in [6, 6.07) is 5.91. The highest BCUT2D eigenvalue weighted by Crippen LogP contribution is 2.38. The van der Waals surface area contributed by atoms with Crippen LogP contribution in [-0.2, 0) is 4.79 Å². The summed E-state index contributed by atoms with van der Waals surface area (Å²) in [5, 5.41) is 9.46. The Morgan fingerprint density at radius 1 is 1.53 bits per heavy atom. The molecule has 1 aliphatic rings. The van der Waals surface area contributed by atoms with Crippen LogP contribution in [0.3, 0.4) is 0 Å². The van der Waals surface area contributed by atoms with Gasteiger partial charge in [0.25, 0.3) is 0 Å². The van der Waals surface area contributed by atoms with Crippen molar-refractivity contribution < 1.29 is 14.6 Å². The van der Waals surface area contributed by atoms with Crippen molar-refractivity contribution in [2.75, 3.05) is 11.4 Å². The first-order valence-electron chi connectivity index (χ1n) is 6.64. The van der Waals surface area contributed by atoms with Crippen LogP contribution >= 0.6 is 0 Å². The van der Waals surface area contributed by atoms with Gasteiger partial charge in [-0.25, -0.2) is 4.79 Å². The van der Waals surface area contributed by atoms with Crippen LogP contribution in [0.1, 0.15) is 32.8 Å². The lowest BCUT2D eigenvalue weighted by atomic mass is 9.98. The lowest BCUT2D eigenvalue weighted by Gasteiger charge is -2.43. The molecule has 4 nitrogen and oxygen atoms in total. The van der Waals surface area contributed by atoms with E-state index in [4.69, 9.17) is 4.74 Å². The van der Waals surface area contributed by atoms with Gasteiger partial charge in [-0.3, -0.25) is 0 Å². The van der Waals surface area contributed by atoms with Crippen molar-refractivity contribution >= 4 is 11.7 Å². The topological polar surface area (TPSA) is 49.8 Å². The molecule has 0 fully saturated rings. The minimum absolute atomic E-state index is 0.0360. The van der Waals surface area contributed by atoms with Crippen molar-refractivity contribution in [1.82, 2.24) is 0 Å². The zero-order valence-electron chi connectivity index (χ0n) is 11.9. The summed E-state index contributed by atoms with van der Waals surface area (Å²) < 4.78 is 5.91. The summed E-state index contributed by atoms with van der Waals surface area (Å²) in [6.45, 7) is 8.12. The van der Waals surface area contributed by atoms with Gasteiger partial charge in [0.05, 0.1) is 12.2 Å². The first kappa shape index (κ1) is 13.7. The second-order valence-corrected chi connectivity index (χ2v) is 5.59. The van der Waals surface area contributed by atoms with Crippen LogP contribution in [0.25, 0.3) is 0 Å². The minimum Gasteiger partial charge on any atom is -0.486 e. The van der Waals surface area contributed by atoms with Gasteiger partial charge in [-0.15, -0.1) is 0 Å². The number of carboxylic acid groups (broad SMARTS) is 1. The first-order chi connectivity index (χ1) is 8.86. The van der Waals surface area contributed by atoms with E-state index in [1.54, 1.807) is 13.8 Å². The summed E-state index contributed by atoms with van der Waals surface area (Å²) in [4.78, 5) is 13.5. The zero-order chi connectivity index (χ0) is 14.2. The number of aryl methyl sites for hydroxylation is 1. The highest BCUT2D eigenvalue weighted by molar-refractivity contribution is 5.84. The Morgan fingerprint density at radius 2 is 2.21 bits per heavy atom. The Balaban J connectivity index is 2.49. The molecule has 0 aliphatic carbocycles. The molecule has 2 rings (SSSR count). The number of anilines is 1. The predicted molar refractivity (Wildman–Crippen MR) is 74.9 cm³/mol. The Labute approximate surface area is 114 Å².